The number of nitrogens with one attached hydrogen (secondary N) is 1. The van der Waals surface area contributed by atoms with E-state index in [0.717, 1.165) is 17.0 Å². The lowest BCUT2D eigenvalue weighted by atomic mass is 10.2. The summed E-state index contributed by atoms with van der Waals surface area (Å²) in [5.74, 6) is 0.949. The Morgan fingerprint density at radius 3 is 2.93 bits per heavy atom. The van der Waals surface area contributed by atoms with Crippen LogP contribution in [-0.2, 0) is 6.54 Å². The molecule has 1 atom stereocenters. The number of furan rings is 1. The van der Waals surface area contributed by atoms with E-state index in [1.807, 2.05) is 12.1 Å². The zero-order chi connectivity index (χ0) is 10.7. The van der Waals surface area contributed by atoms with E-state index in [1.54, 1.807) is 11.3 Å². The van der Waals surface area contributed by atoms with E-state index in [0.29, 0.717) is 6.04 Å². The normalized spacial score (nSPS) is 12.9. The minimum Gasteiger partial charge on any atom is -0.453 e. The quantitative estimate of drug-likeness (QED) is 0.920. The summed E-state index contributed by atoms with van der Waals surface area (Å²) in [7, 11) is 0. The summed E-state index contributed by atoms with van der Waals surface area (Å²) in [6.07, 6.45) is 0. The van der Waals surface area contributed by atoms with Crippen LogP contribution in [0.15, 0.2) is 38.7 Å². The Hall–Kier alpha value is -0.580. The van der Waals surface area contributed by atoms with Gasteiger partial charge in [-0.15, -0.1) is 11.3 Å². The number of hydrogen-bond acceptors (Lipinski definition) is 3. The van der Waals surface area contributed by atoms with Gasteiger partial charge in [0.25, 0.3) is 0 Å². The Kier molecular flexibility index (Phi) is 3.61. The molecule has 80 valence electrons. The van der Waals surface area contributed by atoms with Crippen LogP contribution < -0.4 is 5.32 Å². The van der Waals surface area contributed by atoms with Gasteiger partial charge in [0, 0.05) is 10.9 Å². The second kappa shape index (κ2) is 4.96. The highest BCUT2D eigenvalue weighted by Gasteiger charge is 2.06. The maximum atomic E-state index is 5.41. The Morgan fingerprint density at radius 2 is 2.33 bits per heavy atom. The van der Waals surface area contributed by atoms with Crippen molar-refractivity contribution >= 4 is 27.3 Å². The van der Waals surface area contributed by atoms with E-state index in [4.69, 9.17) is 4.42 Å². The third-order valence-corrected chi connectivity index (χ3v) is 3.66. The average molecular weight is 286 g/mol. The summed E-state index contributed by atoms with van der Waals surface area (Å²) in [5, 5.41) is 5.50. The van der Waals surface area contributed by atoms with Gasteiger partial charge in [-0.1, -0.05) is 6.07 Å². The van der Waals surface area contributed by atoms with Crippen LogP contribution in [0, 0.1) is 0 Å². The zero-order valence-corrected chi connectivity index (χ0v) is 10.8. The van der Waals surface area contributed by atoms with Crippen LogP contribution in [0.25, 0.3) is 0 Å². The Labute approximate surface area is 101 Å². The summed E-state index contributed by atoms with van der Waals surface area (Å²) in [5.41, 5.74) is 0. The van der Waals surface area contributed by atoms with Crippen LogP contribution in [0.1, 0.15) is 23.6 Å². The van der Waals surface area contributed by atoms with Gasteiger partial charge in [0.1, 0.15) is 5.76 Å². The number of thiophene rings is 1. The number of hydrogen-bond donors (Lipinski definition) is 1. The van der Waals surface area contributed by atoms with Crippen molar-refractivity contribution in [3.05, 3.63) is 45.0 Å². The average Bonchev–Trinajstić information content (AvgIpc) is 2.84. The lowest BCUT2D eigenvalue weighted by Crippen LogP contribution is -2.16. The number of rotatable bonds is 4. The van der Waals surface area contributed by atoms with Crippen molar-refractivity contribution in [3.63, 3.8) is 0 Å². The molecular formula is C11H12BrNOS. The van der Waals surface area contributed by atoms with Crippen molar-refractivity contribution < 1.29 is 4.42 Å². The van der Waals surface area contributed by atoms with Crippen LogP contribution >= 0.6 is 27.3 Å². The van der Waals surface area contributed by atoms with Crippen LogP contribution in [0.4, 0.5) is 0 Å². The fourth-order valence-electron chi connectivity index (χ4n) is 1.34. The molecule has 0 fully saturated rings. The van der Waals surface area contributed by atoms with E-state index in [-0.39, 0.29) is 0 Å². The van der Waals surface area contributed by atoms with Crippen molar-refractivity contribution in [2.75, 3.05) is 0 Å². The molecule has 2 aromatic heterocycles. The van der Waals surface area contributed by atoms with Gasteiger partial charge in [-0.2, -0.15) is 0 Å². The highest BCUT2D eigenvalue weighted by Crippen LogP contribution is 2.19. The molecule has 2 rings (SSSR count). The van der Waals surface area contributed by atoms with Crippen molar-refractivity contribution in [3.8, 4) is 0 Å². The maximum absolute atomic E-state index is 5.41. The van der Waals surface area contributed by atoms with Gasteiger partial charge in [0.05, 0.1) is 6.54 Å². The molecule has 2 heterocycles. The fraction of sp³-hybridized carbons (Fsp3) is 0.273. The summed E-state index contributed by atoms with van der Waals surface area (Å²) in [6.45, 7) is 2.91. The molecule has 0 aromatic carbocycles. The largest absolute Gasteiger partial charge is 0.453 e. The summed E-state index contributed by atoms with van der Waals surface area (Å²) < 4.78 is 6.19. The third-order valence-electron chi connectivity index (χ3n) is 2.18. The van der Waals surface area contributed by atoms with Gasteiger partial charge in [0.15, 0.2) is 4.67 Å². The van der Waals surface area contributed by atoms with Crippen molar-refractivity contribution in [2.24, 2.45) is 0 Å². The first-order valence-corrected chi connectivity index (χ1v) is 6.44. The van der Waals surface area contributed by atoms with E-state index in [1.165, 1.54) is 4.88 Å². The predicted octanol–water partition coefficient (Wildman–Crippen LogP) is 3.95. The molecule has 0 amide bonds. The van der Waals surface area contributed by atoms with E-state index >= 15 is 0 Å². The van der Waals surface area contributed by atoms with Crippen molar-refractivity contribution in [2.45, 2.75) is 19.5 Å². The van der Waals surface area contributed by atoms with Gasteiger partial charge in [-0.05, 0) is 46.4 Å². The fourth-order valence-corrected chi connectivity index (χ4v) is 2.44. The lowest BCUT2D eigenvalue weighted by molar-refractivity contribution is 0.448. The van der Waals surface area contributed by atoms with Gasteiger partial charge in [0.2, 0.25) is 0 Å². The van der Waals surface area contributed by atoms with E-state index < -0.39 is 0 Å². The summed E-state index contributed by atoms with van der Waals surface area (Å²) in [4.78, 5) is 1.35. The van der Waals surface area contributed by atoms with E-state index in [2.05, 4.69) is 45.7 Å². The third kappa shape index (κ3) is 2.93. The van der Waals surface area contributed by atoms with Gasteiger partial charge in [-0.25, -0.2) is 0 Å². The lowest BCUT2D eigenvalue weighted by Gasteiger charge is -2.10. The van der Waals surface area contributed by atoms with E-state index in [9.17, 15) is 0 Å². The summed E-state index contributed by atoms with van der Waals surface area (Å²) in [6, 6.07) is 8.46. The molecule has 0 unspecified atom stereocenters. The standard InChI is InChI=1S/C11H12BrNOS/c1-8(10-3-2-6-15-10)13-7-9-4-5-11(12)14-9/h2-6,8,13H,7H2,1H3/t8-/m0/s1. The molecule has 4 heteroatoms. The molecular weight excluding hydrogens is 274 g/mol. The first-order chi connectivity index (χ1) is 7.25. The zero-order valence-electron chi connectivity index (χ0n) is 8.37. The molecule has 0 aliphatic rings. The van der Waals surface area contributed by atoms with Crippen LogP contribution in [0.5, 0.6) is 0 Å². The predicted molar refractivity (Wildman–Crippen MR) is 66.0 cm³/mol. The van der Waals surface area contributed by atoms with Crippen molar-refractivity contribution in [1.29, 1.82) is 0 Å². The molecule has 2 nitrogen and oxygen atoms in total. The van der Waals surface area contributed by atoms with Gasteiger partial charge >= 0.3 is 0 Å². The highest BCUT2D eigenvalue weighted by atomic mass is 79.9. The van der Waals surface area contributed by atoms with Crippen molar-refractivity contribution in [1.82, 2.24) is 5.32 Å². The molecule has 0 aliphatic carbocycles. The van der Waals surface area contributed by atoms with Crippen LogP contribution in [-0.4, -0.2) is 0 Å². The molecule has 0 spiro atoms. The first kappa shape index (κ1) is 10.9. The highest BCUT2D eigenvalue weighted by molar-refractivity contribution is 9.10. The minimum atomic E-state index is 0.369. The first-order valence-electron chi connectivity index (χ1n) is 4.76. The molecule has 0 aliphatic heterocycles. The maximum Gasteiger partial charge on any atom is 0.169 e. The minimum absolute atomic E-state index is 0.369. The monoisotopic (exact) mass is 285 g/mol. The smallest absolute Gasteiger partial charge is 0.169 e. The van der Waals surface area contributed by atoms with Crippen LogP contribution in [0.3, 0.4) is 0 Å². The van der Waals surface area contributed by atoms with Gasteiger partial charge in [-0.3, -0.25) is 0 Å². The second-order valence-corrected chi connectivity index (χ2v) is 5.08. The van der Waals surface area contributed by atoms with Crippen LogP contribution in [0.2, 0.25) is 0 Å². The molecule has 0 saturated carbocycles. The topological polar surface area (TPSA) is 25.2 Å². The molecule has 2 aromatic rings. The van der Waals surface area contributed by atoms with Gasteiger partial charge < -0.3 is 9.73 Å². The number of halogens is 1. The molecule has 0 bridgehead atoms. The molecule has 1 N–H and O–H groups in total. The molecule has 15 heavy (non-hydrogen) atoms. The second-order valence-electron chi connectivity index (χ2n) is 3.32. The Bertz CT molecular complexity index is 410. The Balaban J connectivity index is 1.88. The molecule has 0 radical (unpaired) electrons. The molecule has 0 saturated heterocycles. The SMILES string of the molecule is C[C@H](NCc1ccc(Br)o1)c1cccs1. The summed E-state index contributed by atoms with van der Waals surface area (Å²) >= 11 is 5.05. The Morgan fingerprint density at radius 1 is 1.47 bits per heavy atom.